The molecular formula is C12H24N2O. The lowest BCUT2D eigenvalue weighted by atomic mass is 9.90. The van der Waals surface area contributed by atoms with Gasteiger partial charge in [-0.25, -0.2) is 0 Å². The van der Waals surface area contributed by atoms with Gasteiger partial charge in [-0.2, -0.15) is 0 Å². The average molecular weight is 212 g/mol. The molecule has 3 heteroatoms. The first-order chi connectivity index (χ1) is 7.02. The fourth-order valence-corrected chi connectivity index (χ4v) is 2.18. The number of hydrogen-bond donors (Lipinski definition) is 0. The minimum atomic E-state index is 0.220. The third-order valence-corrected chi connectivity index (χ3v) is 3.50. The maximum atomic E-state index is 11.5. The van der Waals surface area contributed by atoms with E-state index < -0.39 is 0 Å². The van der Waals surface area contributed by atoms with Gasteiger partial charge in [0.25, 0.3) is 0 Å². The van der Waals surface area contributed by atoms with Crippen LogP contribution in [0.2, 0.25) is 0 Å². The highest BCUT2D eigenvalue weighted by atomic mass is 16.1. The fraction of sp³-hybridized carbons (Fsp3) is 0.917. The molecular weight excluding hydrogens is 188 g/mol. The number of likely N-dealkylation sites (tertiary alicyclic amines) is 1. The third kappa shape index (κ3) is 3.58. The molecule has 0 aliphatic carbocycles. The SMILES string of the molecule is CC1C(=O)CCN(CCCN(C)C)C1C. The predicted molar refractivity (Wildman–Crippen MR) is 63.0 cm³/mol. The lowest BCUT2D eigenvalue weighted by molar-refractivity contribution is -0.127. The summed E-state index contributed by atoms with van der Waals surface area (Å²) in [5.74, 6) is 0.657. The number of ketones is 1. The van der Waals surface area contributed by atoms with Crippen LogP contribution >= 0.6 is 0 Å². The van der Waals surface area contributed by atoms with Gasteiger partial charge in [0, 0.05) is 24.9 Å². The van der Waals surface area contributed by atoms with Gasteiger partial charge >= 0.3 is 0 Å². The predicted octanol–water partition coefficient (Wildman–Crippen LogP) is 1.24. The highest BCUT2D eigenvalue weighted by molar-refractivity contribution is 5.82. The number of carbonyl (C=O) groups excluding carboxylic acids is 1. The summed E-state index contributed by atoms with van der Waals surface area (Å²) >= 11 is 0. The van der Waals surface area contributed by atoms with Crippen LogP contribution in [-0.4, -0.2) is 55.4 Å². The van der Waals surface area contributed by atoms with E-state index in [0.717, 1.165) is 26.1 Å². The highest BCUT2D eigenvalue weighted by Crippen LogP contribution is 2.19. The molecule has 1 rings (SSSR count). The lowest BCUT2D eigenvalue weighted by Crippen LogP contribution is -2.47. The minimum absolute atomic E-state index is 0.220. The molecule has 0 radical (unpaired) electrons. The van der Waals surface area contributed by atoms with Crippen molar-refractivity contribution < 1.29 is 4.79 Å². The van der Waals surface area contributed by atoms with Crippen molar-refractivity contribution in [2.45, 2.75) is 32.7 Å². The van der Waals surface area contributed by atoms with Gasteiger partial charge in [0.15, 0.2) is 0 Å². The van der Waals surface area contributed by atoms with Gasteiger partial charge in [-0.3, -0.25) is 9.69 Å². The van der Waals surface area contributed by atoms with E-state index in [1.807, 2.05) is 0 Å². The first-order valence-electron chi connectivity index (χ1n) is 5.94. The van der Waals surface area contributed by atoms with Crippen LogP contribution in [0, 0.1) is 5.92 Å². The van der Waals surface area contributed by atoms with Crippen LogP contribution < -0.4 is 0 Å². The Morgan fingerprint density at radius 1 is 1.40 bits per heavy atom. The molecule has 0 bridgehead atoms. The summed E-state index contributed by atoms with van der Waals surface area (Å²) in [5.41, 5.74) is 0. The molecule has 15 heavy (non-hydrogen) atoms. The Hall–Kier alpha value is -0.410. The zero-order valence-corrected chi connectivity index (χ0v) is 10.5. The van der Waals surface area contributed by atoms with Crippen molar-refractivity contribution in [1.82, 2.24) is 9.80 Å². The number of carbonyl (C=O) groups is 1. The highest BCUT2D eigenvalue weighted by Gasteiger charge is 2.29. The molecule has 0 N–H and O–H groups in total. The maximum Gasteiger partial charge on any atom is 0.138 e. The molecule has 2 atom stereocenters. The van der Waals surface area contributed by atoms with E-state index >= 15 is 0 Å². The number of Topliss-reactive ketones (excluding diaryl/α,β-unsaturated/α-hetero) is 1. The minimum Gasteiger partial charge on any atom is -0.309 e. The summed E-state index contributed by atoms with van der Waals surface area (Å²) in [5, 5.41) is 0. The monoisotopic (exact) mass is 212 g/mol. The first kappa shape index (κ1) is 12.7. The Bertz CT molecular complexity index is 216. The van der Waals surface area contributed by atoms with Crippen molar-refractivity contribution in [2.24, 2.45) is 5.92 Å². The van der Waals surface area contributed by atoms with E-state index in [1.165, 1.54) is 6.42 Å². The lowest BCUT2D eigenvalue weighted by Gasteiger charge is -2.37. The molecule has 0 aromatic carbocycles. The van der Waals surface area contributed by atoms with Crippen molar-refractivity contribution in [3.8, 4) is 0 Å². The van der Waals surface area contributed by atoms with Crippen molar-refractivity contribution in [3.63, 3.8) is 0 Å². The second-order valence-electron chi connectivity index (χ2n) is 4.94. The summed E-state index contributed by atoms with van der Waals surface area (Å²) in [4.78, 5) is 16.2. The van der Waals surface area contributed by atoms with Gasteiger partial charge in [0.05, 0.1) is 0 Å². The summed E-state index contributed by atoms with van der Waals surface area (Å²) in [6, 6.07) is 0.424. The van der Waals surface area contributed by atoms with Crippen LogP contribution in [0.25, 0.3) is 0 Å². The molecule has 1 aliphatic heterocycles. The largest absolute Gasteiger partial charge is 0.309 e. The first-order valence-corrected chi connectivity index (χ1v) is 5.94. The van der Waals surface area contributed by atoms with Gasteiger partial charge in [-0.1, -0.05) is 6.92 Å². The summed E-state index contributed by atoms with van der Waals surface area (Å²) in [6.07, 6.45) is 1.94. The van der Waals surface area contributed by atoms with Crippen LogP contribution in [0.15, 0.2) is 0 Å². The molecule has 1 fully saturated rings. The van der Waals surface area contributed by atoms with Crippen LogP contribution in [0.3, 0.4) is 0 Å². The number of nitrogens with zero attached hydrogens (tertiary/aromatic N) is 2. The molecule has 2 unspecified atom stereocenters. The molecule has 0 saturated carbocycles. The summed E-state index contributed by atoms with van der Waals surface area (Å²) in [6.45, 7) is 7.45. The molecule has 0 aromatic heterocycles. The number of piperidine rings is 1. The molecule has 0 spiro atoms. The van der Waals surface area contributed by atoms with Crippen LogP contribution in [-0.2, 0) is 4.79 Å². The van der Waals surface area contributed by atoms with Crippen molar-refractivity contribution in [3.05, 3.63) is 0 Å². The van der Waals surface area contributed by atoms with Crippen LogP contribution in [0.1, 0.15) is 26.7 Å². The quantitative estimate of drug-likeness (QED) is 0.700. The molecule has 1 heterocycles. The van der Waals surface area contributed by atoms with E-state index in [9.17, 15) is 4.79 Å². The molecule has 88 valence electrons. The van der Waals surface area contributed by atoms with Gasteiger partial charge in [0.2, 0.25) is 0 Å². The van der Waals surface area contributed by atoms with Crippen molar-refractivity contribution in [1.29, 1.82) is 0 Å². The molecule has 0 amide bonds. The Kier molecular flexibility index (Phi) is 4.74. The maximum absolute atomic E-state index is 11.5. The molecule has 1 aliphatic rings. The Morgan fingerprint density at radius 3 is 2.67 bits per heavy atom. The Morgan fingerprint density at radius 2 is 2.07 bits per heavy atom. The molecule has 3 nitrogen and oxygen atoms in total. The van der Waals surface area contributed by atoms with Gasteiger partial charge in [-0.05, 0) is 40.5 Å². The zero-order valence-electron chi connectivity index (χ0n) is 10.5. The van der Waals surface area contributed by atoms with Crippen LogP contribution in [0.4, 0.5) is 0 Å². The Labute approximate surface area is 93.4 Å². The van der Waals surface area contributed by atoms with Crippen LogP contribution in [0.5, 0.6) is 0 Å². The number of rotatable bonds is 4. The smallest absolute Gasteiger partial charge is 0.138 e. The van der Waals surface area contributed by atoms with Gasteiger partial charge in [0.1, 0.15) is 5.78 Å². The Balaban J connectivity index is 2.33. The fourth-order valence-electron chi connectivity index (χ4n) is 2.18. The van der Waals surface area contributed by atoms with E-state index in [1.54, 1.807) is 0 Å². The second-order valence-corrected chi connectivity index (χ2v) is 4.94. The summed E-state index contributed by atoms with van der Waals surface area (Å²) < 4.78 is 0. The standard InChI is InChI=1S/C12H24N2O/c1-10-11(2)14(9-6-12(10)15)8-5-7-13(3)4/h10-11H,5-9H2,1-4H3. The van der Waals surface area contributed by atoms with E-state index in [-0.39, 0.29) is 5.92 Å². The van der Waals surface area contributed by atoms with E-state index in [4.69, 9.17) is 0 Å². The van der Waals surface area contributed by atoms with E-state index in [0.29, 0.717) is 11.8 Å². The normalized spacial score (nSPS) is 28.7. The zero-order chi connectivity index (χ0) is 11.4. The van der Waals surface area contributed by atoms with Crippen molar-refractivity contribution in [2.75, 3.05) is 33.7 Å². The van der Waals surface area contributed by atoms with Gasteiger partial charge in [-0.15, -0.1) is 0 Å². The second kappa shape index (κ2) is 5.61. The van der Waals surface area contributed by atoms with Gasteiger partial charge < -0.3 is 4.90 Å². The summed E-state index contributed by atoms with van der Waals surface area (Å²) in [7, 11) is 4.21. The molecule has 0 aromatic rings. The third-order valence-electron chi connectivity index (χ3n) is 3.50. The average Bonchev–Trinajstić information content (AvgIpc) is 2.18. The molecule has 1 saturated heterocycles. The number of hydrogen-bond acceptors (Lipinski definition) is 3. The van der Waals surface area contributed by atoms with E-state index in [2.05, 4.69) is 37.7 Å². The van der Waals surface area contributed by atoms with Crippen molar-refractivity contribution >= 4 is 5.78 Å². The topological polar surface area (TPSA) is 23.6 Å².